The molecule has 2 N–H and O–H groups in total. The second-order valence-corrected chi connectivity index (χ2v) is 7.12. The molecule has 8 nitrogen and oxygen atoms in total. The number of ether oxygens (including phenoxy) is 1. The second kappa shape index (κ2) is 14.1. The summed E-state index contributed by atoms with van der Waals surface area (Å²) >= 11 is 0. The van der Waals surface area contributed by atoms with Crippen molar-refractivity contribution in [1.29, 1.82) is 0 Å². The summed E-state index contributed by atoms with van der Waals surface area (Å²) in [7, 11) is 1.98. The van der Waals surface area contributed by atoms with Gasteiger partial charge in [-0.05, 0) is 46.1 Å². The highest BCUT2D eigenvalue weighted by atomic mass is 127. The smallest absolute Gasteiger partial charge is 0.191 e. The van der Waals surface area contributed by atoms with Crippen molar-refractivity contribution >= 4 is 29.9 Å². The third kappa shape index (κ3) is 8.60. The molecule has 9 heteroatoms. The highest BCUT2D eigenvalue weighted by molar-refractivity contribution is 14.0. The van der Waals surface area contributed by atoms with Crippen LogP contribution >= 0.6 is 24.0 Å². The van der Waals surface area contributed by atoms with Crippen LogP contribution in [0.2, 0.25) is 0 Å². The lowest BCUT2D eigenvalue weighted by Crippen LogP contribution is -2.49. The van der Waals surface area contributed by atoms with Gasteiger partial charge in [0.2, 0.25) is 0 Å². The molecule has 0 saturated carbocycles. The molecule has 1 aromatic heterocycles. The van der Waals surface area contributed by atoms with Gasteiger partial charge in [-0.2, -0.15) is 0 Å². The molecule has 0 unspecified atom stereocenters. The van der Waals surface area contributed by atoms with Gasteiger partial charge in [0.25, 0.3) is 0 Å². The number of nitrogens with one attached hydrogen (secondary N) is 2. The van der Waals surface area contributed by atoms with Crippen molar-refractivity contribution < 1.29 is 4.74 Å². The van der Waals surface area contributed by atoms with Crippen LogP contribution in [0.15, 0.2) is 4.99 Å². The average molecular weight is 507 g/mol. The molecule has 0 bridgehead atoms. The van der Waals surface area contributed by atoms with E-state index in [4.69, 9.17) is 9.73 Å². The Kier molecular flexibility index (Phi) is 12.6. The fraction of sp³-hybridized carbons (Fsp3) is 0.842. The molecule has 1 aliphatic rings. The molecule has 1 fully saturated rings. The first kappa shape index (κ1) is 25.1. The topological polar surface area (TPSA) is 79.6 Å². The van der Waals surface area contributed by atoms with E-state index in [1.807, 2.05) is 25.5 Å². The van der Waals surface area contributed by atoms with Gasteiger partial charge in [-0.15, -0.1) is 34.2 Å². The lowest BCUT2D eigenvalue weighted by Gasteiger charge is -2.32. The molecule has 0 aliphatic carbocycles. The summed E-state index contributed by atoms with van der Waals surface area (Å²) in [5.41, 5.74) is 0. The lowest BCUT2D eigenvalue weighted by molar-refractivity contribution is 0.145. The van der Waals surface area contributed by atoms with Gasteiger partial charge < -0.3 is 24.8 Å². The van der Waals surface area contributed by atoms with Crippen LogP contribution in [0, 0.1) is 6.92 Å². The van der Waals surface area contributed by atoms with Gasteiger partial charge in [-0.25, -0.2) is 4.99 Å². The van der Waals surface area contributed by atoms with Crippen molar-refractivity contribution in [3.05, 3.63) is 11.6 Å². The molecule has 0 amide bonds. The summed E-state index contributed by atoms with van der Waals surface area (Å²) in [5, 5.41) is 15.4. The van der Waals surface area contributed by atoms with E-state index < -0.39 is 0 Å². The zero-order chi connectivity index (χ0) is 19.5. The van der Waals surface area contributed by atoms with E-state index >= 15 is 0 Å². The maximum atomic E-state index is 5.42. The Hall–Kier alpha value is -0.940. The van der Waals surface area contributed by atoms with E-state index in [0.717, 1.165) is 69.7 Å². The molecule has 28 heavy (non-hydrogen) atoms. The van der Waals surface area contributed by atoms with Gasteiger partial charge in [-0.3, -0.25) is 0 Å². The van der Waals surface area contributed by atoms with Crippen LogP contribution in [0.1, 0.15) is 51.2 Å². The molecule has 2 heterocycles. The van der Waals surface area contributed by atoms with E-state index in [-0.39, 0.29) is 24.0 Å². The zero-order valence-corrected chi connectivity index (χ0v) is 20.2. The molecule has 0 atom stereocenters. The van der Waals surface area contributed by atoms with Crippen molar-refractivity contribution in [2.45, 2.75) is 59.0 Å². The molecular formula is C19H38IN7O. The van der Waals surface area contributed by atoms with E-state index in [9.17, 15) is 0 Å². The largest absolute Gasteiger partial charge is 0.382 e. The van der Waals surface area contributed by atoms with Gasteiger partial charge in [0.05, 0.1) is 0 Å². The Morgan fingerprint density at radius 1 is 1.25 bits per heavy atom. The van der Waals surface area contributed by atoms with Crippen LogP contribution in [0.5, 0.6) is 0 Å². The fourth-order valence-electron chi connectivity index (χ4n) is 3.23. The van der Waals surface area contributed by atoms with Crippen molar-refractivity contribution in [3.8, 4) is 0 Å². The highest BCUT2D eigenvalue weighted by Gasteiger charge is 2.19. The van der Waals surface area contributed by atoms with Crippen molar-refractivity contribution in [2.24, 2.45) is 12.0 Å². The standard InChI is InChI=1S/C19H37N7O.HI/c1-5-11-26-12-8-17(9-13-26)22-19(20-10-7-14-27-6-2)21-15-18-24-23-16(3)25(18)4;/h17H,5-15H2,1-4H3,(H2,20,21,22);1H. The number of hydrogen-bond donors (Lipinski definition) is 2. The zero-order valence-electron chi connectivity index (χ0n) is 17.9. The molecule has 1 aromatic rings. The van der Waals surface area contributed by atoms with Gasteiger partial charge in [0, 0.05) is 45.9 Å². The molecule has 0 spiro atoms. The first-order valence-corrected chi connectivity index (χ1v) is 10.3. The Morgan fingerprint density at radius 2 is 2.00 bits per heavy atom. The number of halogens is 1. The second-order valence-electron chi connectivity index (χ2n) is 7.12. The third-order valence-corrected chi connectivity index (χ3v) is 4.99. The van der Waals surface area contributed by atoms with Crippen LogP contribution in [-0.2, 0) is 18.3 Å². The molecular weight excluding hydrogens is 469 g/mol. The quantitative estimate of drug-likeness (QED) is 0.219. The van der Waals surface area contributed by atoms with Crippen molar-refractivity contribution in [1.82, 2.24) is 30.3 Å². The summed E-state index contributed by atoms with van der Waals surface area (Å²) in [4.78, 5) is 7.30. The monoisotopic (exact) mass is 507 g/mol. The van der Waals surface area contributed by atoms with E-state index in [1.54, 1.807) is 0 Å². The predicted molar refractivity (Wildman–Crippen MR) is 124 cm³/mol. The Labute approximate surface area is 186 Å². The lowest BCUT2D eigenvalue weighted by atomic mass is 10.1. The van der Waals surface area contributed by atoms with Crippen LogP contribution in [0.25, 0.3) is 0 Å². The van der Waals surface area contributed by atoms with Gasteiger partial charge >= 0.3 is 0 Å². The van der Waals surface area contributed by atoms with Crippen molar-refractivity contribution in [2.75, 3.05) is 39.4 Å². The number of nitrogens with zero attached hydrogens (tertiary/aromatic N) is 5. The third-order valence-electron chi connectivity index (χ3n) is 4.99. The minimum absolute atomic E-state index is 0. The maximum Gasteiger partial charge on any atom is 0.191 e. The number of piperidine rings is 1. The predicted octanol–water partition coefficient (Wildman–Crippen LogP) is 2.08. The van der Waals surface area contributed by atoms with Crippen molar-refractivity contribution in [3.63, 3.8) is 0 Å². The van der Waals surface area contributed by atoms with Gasteiger partial charge in [-0.1, -0.05) is 6.92 Å². The number of likely N-dealkylation sites (tertiary alicyclic amines) is 1. The molecule has 2 rings (SSSR count). The summed E-state index contributed by atoms with van der Waals surface area (Å²) in [5.74, 6) is 2.64. The Balaban J connectivity index is 0.00000392. The summed E-state index contributed by atoms with van der Waals surface area (Å²) < 4.78 is 7.41. The average Bonchev–Trinajstić information content (AvgIpc) is 2.99. The normalized spacial score (nSPS) is 16.1. The van der Waals surface area contributed by atoms with Crippen LogP contribution < -0.4 is 10.6 Å². The number of hydrogen-bond acceptors (Lipinski definition) is 5. The molecule has 0 radical (unpaired) electrons. The van der Waals surface area contributed by atoms with Crippen LogP contribution in [0.4, 0.5) is 0 Å². The number of aryl methyl sites for hydroxylation is 1. The van der Waals surface area contributed by atoms with E-state index in [0.29, 0.717) is 12.6 Å². The SMILES string of the molecule is CCCN1CCC(NC(=NCc2nnc(C)n2C)NCCCOCC)CC1.I. The minimum Gasteiger partial charge on any atom is -0.382 e. The molecule has 0 aromatic carbocycles. The number of rotatable bonds is 10. The number of aromatic nitrogens is 3. The highest BCUT2D eigenvalue weighted by Crippen LogP contribution is 2.10. The van der Waals surface area contributed by atoms with Crippen LogP contribution in [0.3, 0.4) is 0 Å². The molecule has 1 aliphatic heterocycles. The van der Waals surface area contributed by atoms with E-state index in [2.05, 4.69) is 32.7 Å². The fourth-order valence-corrected chi connectivity index (χ4v) is 3.23. The van der Waals surface area contributed by atoms with Gasteiger partial charge in [0.1, 0.15) is 12.4 Å². The number of aliphatic imine (C=N–C) groups is 1. The molecule has 1 saturated heterocycles. The first-order valence-electron chi connectivity index (χ1n) is 10.3. The van der Waals surface area contributed by atoms with Crippen LogP contribution in [-0.4, -0.2) is 71.1 Å². The van der Waals surface area contributed by atoms with Gasteiger partial charge in [0.15, 0.2) is 11.8 Å². The summed E-state index contributed by atoms with van der Waals surface area (Å²) in [6, 6.07) is 0.470. The Bertz CT molecular complexity index is 571. The molecule has 162 valence electrons. The minimum atomic E-state index is 0. The summed E-state index contributed by atoms with van der Waals surface area (Å²) in [6.45, 7) is 12.6. The van der Waals surface area contributed by atoms with E-state index in [1.165, 1.54) is 13.0 Å². The maximum absolute atomic E-state index is 5.42. The summed E-state index contributed by atoms with van der Waals surface area (Å²) in [6.07, 6.45) is 4.50. The first-order chi connectivity index (χ1) is 13.1. The Morgan fingerprint density at radius 3 is 2.61 bits per heavy atom. The number of guanidine groups is 1.